The van der Waals surface area contributed by atoms with Crippen LogP contribution in [-0.2, 0) is 16.0 Å². The van der Waals surface area contributed by atoms with Gasteiger partial charge < -0.3 is 15.0 Å². The van der Waals surface area contributed by atoms with Crippen molar-refractivity contribution in [3.63, 3.8) is 0 Å². The maximum absolute atomic E-state index is 12.2. The van der Waals surface area contributed by atoms with Gasteiger partial charge >= 0.3 is 0 Å². The predicted octanol–water partition coefficient (Wildman–Crippen LogP) is 3.25. The van der Waals surface area contributed by atoms with E-state index in [-0.39, 0.29) is 18.2 Å². The van der Waals surface area contributed by atoms with E-state index in [1.165, 1.54) is 6.92 Å². The van der Waals surface area contributed by atoms with Crippen LogP contribution in [0.15, 0.2) is 48.5 Å². The zero-order valence-corrected chi connectivity index (χ0v) is 14.2. The Hall–Kier alpha value is -2.82. The Labute approximate surface area is 142 Å². The lowest BCUT2D eigenvalue weighted by Gasteiger charge is -2.15. The third kappa shape index (κ3) is 4.59. The highest BCUT2D eigenvalue weighted by molar-refractivity contribution is 5.94. The first-order chi connectivity index (χ1) is 11.5. The molecule has 0 unspecified atom stereocenters. The second-order valence-electron chi connectivity index (χ2n) is 5.40. The van der Waals surface area contributed by atoms with Crippen molar-refractivity contribution in [1.82, 2.24) is 0 Å². The van der Waals surface area contributed by atoms with Gasteiger partial charge in [0.2, 0.25) is 11.8 Å². The van der Waals surface area contributed by atoms with Gasteiger partial charge in [0.25, 0.3) is 0 Å². The fourth-order valence-corrected chi connectivity index (χ4v) is 2.25. The minimum atomic E-state index is -0.116. The van der Waals surface area contributed by atoms with Crippen LogP contribution < -0.4 is 15.0 Å². The van der Waals surface area contributed by atoms with E-state index in [9.17, 15) is 9.59 Å². The van der Waals surface area contributed by atoms with E-state index < -0.39 is 0 Å². The maximum atomic E-state index is 12.2. The topological polar surface area (TPSA) is 58.6 Å². The molecule has 0 radical (unpaired) electrons. The lowest BCUT2D eigenvalue weighted by molar-refractivity contribution is -0.116. The third-order valence-corrected chi connectivity index (χ3v) is 3.62. The van der Waals surface area contributed by atoms with Gasteiger partial charge in [0, 0.05) is 19.7 Å². The number of hydrogen-bond acceptors (Lipinski definition) is 3. The molecule has 0 aliphatic heterocycles. The lowest BCUT2D eigenvalue weighted by atomic mass is 10.1. The van der Waals surface area contributed by atoms with Crippen LogP contribution in [0.4, 0.5) is 11.4 Å². The van der Waals surface area contributed by atoms with Gasteiger partial charge in [0.1, 0.15) is 5.75 Å². The minimum Gasteiger partial charge on any atom is -0.492 e. The first-order valence-electron chi connectivity index (χ1n) is 7.86. The summed E-state index contributed by atoms with van der Waals surface area (Å²) in [6.45, 7) is 3.95. The van der Waals surface area contributed by atoms with E-state index in [1.54, 1.807) is 11.9 Å². The molecule has 2 rings (SSSR count). The molecule has 0 spiro atoms. The van der Waals surface area contributed by atoms with E-state index in [4.69, 9.17) is 4.74 Å². The van der Waals surface area contributed by atoms with E-state index in [0.717, 1.165) is 11.3 Å². The molecule has 1 N–H and O–H groups in total. The second-order valence-corrected chi connectivity index (χ2v) is 5.40. The molecule has 126 valence electrons. The molecule has 24 heavy (non-hydrogen) atoms. The van der Waals surface area contributed by atoms with Crippen LogP contribution >= 0.6 is 0 Å². The van der Waals surface area contributed by atoms with Crippen molar-refractivity contribution < 1.29 is 14.3 Å². The van der Waals surface area contributed by atoms with Gasteiger partial charge in [-0.1, -0.05) is 24.3 Å². The number of hydrogen-bond donors (Lipinski definition) is 1. The molecule has 0 aliphatic carbocycles. The Morgan fingerprint density at radius 3 is 2.38 bits per heavy atom. The first-order valence-corrected chi connectivity index (χ1v) is 7.86. The molecule has 0 aliphatic rings. The van der Waals surface area contributed by atoms with Gasteiger partial charge in [0.05, 0.1) is 18.7 Å². The molecule has 0 atom stereocenters. The highest BCUT2D eigenvalue weighted by atomic mass is 16.5. The predicted molar refractivity (Wildman–Crippen MR) is 95.5 cm³/mol. The summed E-state index contributed by atoms with van der Waals surface area (Å²) < 4.78 is 5.50. The zero-order valence-electron chi connectivity index (χ0n) is 14.2. The number of carbonyl (C=O) groups excluding carboxylic acids is 2. The standard InChI is InChI=1S/C19H22N2O3/c1-4-24-18-8-6-5-7-17(18)20-19(23)13-15-9-11-16(12-10-15)21(3)14(2)22/h5-12H,4,13H2,1-3H3,(H,20,23). The molecule has 0 fully saturated rings. The van der Waals surface area contributed by atoms with Crippen LogP contribution in [0.25, 0.3) is 0 Å². The number of para-hydroxylation sites is 2. The summed E-state index contributed by atoms with van der Waals surface area (Å²) in [5.74, 6) is 0.509. The largest absolute Gasteiger partial charge is 0.492 e. The summed E-state index contributed by atoms with van der Waals surface area (Å²) >= 11 is 0. The van der Waals surface area contributed by atoms with E-state index in [2.05, 4.69) is 5.32 Å². The molecule has 0 heterocycles. The Balaban J connectivity index is 2.01. The number of benzene rings is 2. The summed E-state index contributed by atoms with van der Waals surface area (Å²) in [7, 11) is 1.72. The van der Waals surface area contributed by atoms with Crippen molar-refractivity contribution in [2.24, 2.45) is 0 Å². The molecule has 0 saturated heterocycles. The Morgan fingerprint density at radius 2 is 1.75 bits per heavy atom. The summed E-state index contributed by atoms with van der Waals surface area (Å²) in [5.41, 5.74) is 2.34. The second kappa shape index (κ2) is 8.15. The molecule has 0 aromatic heterocycles. The number of carbonyl (C=O) groups is 2. The Bertz CT molecular complexity index is 711. The molecule has 2 amide bonds. The Kier molecular flexibility index (Phi) is 5.95. The van der Waals surface area contributed by atoms with Gasteiger partial charge in [-0.05, 0) is 36.8 Å². The molecular formula is C19H22N2O3. The highest BCUT2D eigenvalue weighted by Gasteiger charge is 2.09. The first kappa shape index (κ1) is 17.5. The van der Waals surface area contributed by atoms with E-state index >= 15 is 0 Å². The van der Waals surface area contributed by atoms with Crippen LogP contribution in [0.5, 0.6) is 5.75 Å². The normalized spacial score (nSPS) is 10.1. The number of nitrogens with zero attached hydrogens (tertiary/aromatic N) is 1. The summed E-state index contributed by atoms with van der Waals surface area (Å²) in [4.78, 5) is 25.1. The smallest absolute Gasteiger partial charge is 0.228 e. The molecule has 0 saturated carbocycles. The molecule has 5 heteroatoms. The molecule has 2 aromatic carbocycles. The van der Waals surface area contributed by atoms with Gasteiger partial charge in [-0.3, -0.25) is 9.59 Å². The van der Waals surface area contributed by atoms with Gasteiger partial charge in [-0.25, -0.2) is 0 Å². The number of anilines is 2. The van der Waals surface area contributed by atoms with Crippen molar-refractivity contribution in [2.75, 3.05) is 23.9 Å². The monoisotopic (exact) mass is 326 g/mol. The van der Waals surface area contributed by atoms with Gasteiger partial charge in [-0.15, -0.1) is 0 Å². The van der Waals surface area contributed by atoms with Crippen LogP contribution in [0.3, 0.4) is 0 Å². The van der Waals surface area contributed by atoms with Crippen molar-refractivity contribution in [1.29, 1.82) is 0 Å². The summed E-state index contributed by atoms with van der Waals surface area (Å²) in [6.07, 6.45) is 0.254. The highest BCUT2D eigenvalue weighted by Crippen LogP contribution is 2.24. The average molecular weight is 326 g/mol. The fourth-order valence-electron chi connectivity index (χ4n) is 2.25. The van der Waals surface area contributed by atoms with Gasteiger partial charge in [0.15, 0.2) is 0 Å². The van der Waals surface area contributed by atoms with Crippen molar-refractivity contribution in [3.8, 4) is 5.75 Å². The molecule has 2 aromatic rings. The van der Waals surface area contributed by atoms with Gasteiger partial charge in [-0.2, -0.15) is 0 Å². The lowest BCUT2D eigenvalue weighted by Crippen LogP contribution is -2.22. The maximum Gasteiger partial charge on any atom is 0.228 e. The molecule has 0 bridgehead atoms. The van der Waals surface area contributed by atoms with E-state index in [1.807, 2.05) is 55.5 Å². The SMILES string of the molecule is CCOc1ccccc1NC(=O)Cc1ccc(N(C)C(C)=O)cc1. The number of nitrogens with one attached hydrogen (secondary N) is 1. The van der Waals surface area contributed by atoms with E-state index in [0.29, 0.717) is 18.0 Å². The van der Waals surface area contributed by atoms with Crippen LogP contribution in [0.1, 0.15) is 19.4 Å². The van der Waals surface area contributed by atoms with Crippen molar-refractivity contribution in [3.05, 3.63) is 54.1 Å². The minimum absolute atomic E-state index is 0.0342. The number of rotatable bonds is 6. The number of amides is 2. The quantitative estimate of drug-likeness (QED) is 0.886. The summed E-state index contributed by atoms with van der Waals surface area (Å²) in [5, 5.41) is 2.87. The van der Waals surface area contributed by atoms with Crippen LogP contribution in [-0.4, -0.2) is 25.5 Å². The molecular weight excluding hydrogens is 304 g/mol. The average Bonchev–Trinajstić information content (AvgIpc) is 2.57. The Morgan fingerprint density at radius 1 is 1.08 bits per heavy atom. The summed E-state index contributed by atoms with van der Waals surface area (Å²) in [6, 6.07) is 14.7. The van der Waals surface area contributed by atoms with Crippen molar-refractivity contribution in [2.45, 2.75) is 20.3 Å². The van der Waals surface area contributed by atoms with Crippen molar-refractivity contribution >= 4 is 23.2 Å². The number of ether oxygens (including phenoxy) is 1. The van der Waals surface area contributed by atoms with Crippen LogP contribution in [0, 0.1) is 0 Å². The van der Waals surface area contributed by atoms with Crippen LogP contribution in [0.2, 0.25) is 0 Å². The zero-order chi connectivity index (χ0) is 17.5. The molecule has 5 nitrogen and oxygen atoms in total. The fraction of sp³-hybridized carbons (Fsp3) is 0.263. The third-order valence-electron chi connectivity index (χ3n) is 3.62.